The molecule has 4 nitrogen and oxygen atoms in total. The van der Waals surface area contributed by atoms with E-state index in [2.05, 4.69) is 28.7 Å². The van der Waals surface area contributed by atoms with Crippen molar-refractivity contribution >= 4 is 23.5 Å². The van der Waals surface area contributed by atoms with Crippen molar-refractivity contribution in [2.75, 3.05) is 18.1 Å². The van der Waals surface area contributed by atoms with Gasteiger partial charge in [-0.1, -0.05) is 13.3 Å². The second-order valence-corrected chi connectivity index (χ2v) is 7.85. The van der Waals surface area contributed by atoms with Crippen LogP contribution in [-0.4, -0.2) is 41.9 Å². The van der Waals surface area contributed by atoms with Crippen LogP contribution >= 0.6 is 11.8 Å². The monoisotopic (exact) mass is 347 g/mol. The Hall–Kier alpha value is -1.20. The van der Waals surface area contributed by atoms with E-state index in [0.29, 0.717) is 18.1 Å². The van der Waals surface area contributed by atoms with Gasteiger partial charge in [-0.2, -0.15) is 0 Å². The van der Waals surface area contributed by atoms with E-state index in [1.54, 1.807) is 11.8 Å². The highest BCUT2D eigenvalue weighted by atomic mass is 32.2. The molecule has 2 atom stereocenters. The van der Waals surface area contributed by atoms with Crippen LogP contribution in [0.1, 0.15) is 45.4 Å². The molecule has 1 aromatic carbocycles. The van der Waals surface area contributed by atoms with Crippen LogP contribution in [0.5, 0.6) is 0 Å². The summed E-state index contributed by atoms with van der Waals surface area (Å²) in [4.78, 5) is 16.2. The summed E-state index contributed by atoms with van der Waals surface area (Å²) in [7, 11) is 0. The summed E-state index contributed by atoms with van der Waals surface area (Å²) in [6.07, 6.45) is 9.37. The maximum absolute atomic E-state index is 12.3. The molecule has 2 aliphatic heterocycles. The van der Waals surface area contributed by atoms with Crippen molar-refractivity contribution in [2.45, 2.75) is 68.5 Å². The summed E-state index contributed by atoms with van der Waals surface area (Å²) in [5.74, 6) is 0. The van der Waals surface area contributed by atoms with E-state index in [-0.39, 0.29) is 6.03 Å². The molecule has 132 valence electrons. The molecule has 2 amide bonds. The summed E-state index contributed by atoms with van der Waals surface area (Å²) in [5, 5.41) is 6.17. The molecule has 0 spiro atoms. The molecule has 5 heteroatoms. The summed E-state index contributed by atoms with van der Waals surface area (Å²) in [5.41, 5.74) is 0.855. The number of nitrogens with one attached hydrogen (secondary N) is 2. The zero-order valence-corrected chi connectivity index (χ0v) is 15.6. The number of amides is 2. The molecule has 2 aliphatic rings. The minimum absolute atomic E-state index is 0.0704. The number of fused-ring (bicyclic) bond motifs is 2. The molecule has 0 aliphatic carbocycles. The highest BCUT2D eigenvalue weighted by Gasteiger charge is 2.37. The molecule has 2 heterocycles. The number of hydrogen-bond acceptors (Lipinski definition) is 3. The quantitative estimate of drug-likeness (QED) is 0.780. The van der Waals surface area contributed by atoms with Crippen LogP contribution < -0.4 is 10.6 Å². The highest BCUT2D eigenvalue weighted by molar-refractivity contribution is 7.98. The minimum atomic E-state index is -0.0704. The first-order valence-electron chi connectivity index (χ1n) is 9.17. The lowest BCUT2D eigenvalue weighted by Gasteiger charge is -2.49. The number of nitrogens with zero attached hydrogens (tertiary/aromatic N) is 1. The van der Waals surface area contributed by atoms with E-state index in [4.69, 9.17) is 0 Å². The van der Waals surface area contributed by atoms with Crippen molar-refractivity contribution in [3.8, 4) is 0 Å². The van der Waals surface area contributed by atoms with E-state index in [0.717, 1.165) is 18.5 Å². The van der Waals surface area contributed by atoms with E-state index in [1.807, 2.05) is 24.3 Å². The van der Waals surface area contributed by atoms with E-state index in [9.17, 15) is 4.79 Å². The first kappa shape index (κ1) is 17.6. The van der Waals surface area contributed by atoms with Crippen LogP contribution in [0.25, 0.3) is 0 Å². The predicted molar refractivity (Wildman–Crippen MR) is 102 cm³/mol. The Kier molecular flexibility index (Phi) is 6.06. The zero-order chi connectivity index (χ0) is 16.9. The Labute approximate surface area is 149 Å². The number of benzene rings is 1. The normalized spacial score (nSPS) is 26.8. The second kappa shape index (κ2) is 8.26. The Balaban J connectivity index is 1.53. The summed E-state index contributed by atoms with van der Waals surface area (Å²) < 4.78 is 0. The van der Waals surface area contributed by atoms with Gasteiger partial charge in [0.1, 0.15) is 0 Å². The second-order valence-electron chi connectivity index (χ2n) is 6.97. The number of piperidine rings is 2. The average Bonchev–Trinajstić information content (AvgIpc) is 2.56. The van der Waals surface area contributed by atoms with Crippen LogP contribution in [0.3, 0.4) is 0 Å². The molecule has 0 saturated carbocycles. The van der Waals surface area contributed by atoms with Gasteiger partial charge in [0, 0.05) is 28.7 Å². The number of urea groups is 1. The molecule has 2 bridgehead atoms. The third-order valence-corrected chi connectivity index (χ3v) is 6.03. The number of anilines is 1. The number of thioether (sulfide) groups is 1. The van der Waals surface area contributed by atoms with Gasteiger partial charge in [0.05, 0.1) is 0 Å². The highest BCUT2D eigenvalue weighted by Crippen LogP contribution is 2.34. The average molecular weight is 348 g/mol. The molecule has 1 aromatic rings. The van der Waals surface area contributed by atoms with Crippen LogP contribution in [0.4, 0.5) is 10.5 Å². The van der Waals surface area contributed by atoms with Crippen molar-refractivity contribution in [3.63, 3.8) is 0 Å². The van der Waals surface area contributed by atoms with Gasteiger partial charge in [0.25, 0.3) is 0 Å². The molecular weight excluding hydrogens is 318 g/mol. The van der Waals surface area contributed by atoms with Crippen molar-refractivity contribution in [1.82, 2.24) is 10.2 Å². The van der Waals surface area contributed by atoms with Crippen molar-refractivity contribution in [2.24, 2.45) is 0 Å². The molecule has 0 unspecified atom stereocenters. The van der Waals surface area contributed by atoms with Gasteiger partial charge in [-0.15, -0.1) is 11.8 Å². The van der Waals surface area contributed by atoms with Gasteiger partial charge >= 0.3 is 6.03 Å². The molecule has 24 heavy (non-hydrogen) atoms. The Bertz CT molecular complexity index is 534. The van der Waals surface area contributed by atoms with E-state index >= 15 is 0 Å². The van der Waals surface area contributed by atoms with Crippen molar-refractivity contribution in [1.29, 1.82) is 0 Å². The smallest absolute Gasteiger partial charge is 0.319 e. The fourth-order valence-electron chi connectivity index (χ4n) is 4.25. The molecule has 0 aromatic heterocycles. The molecule has 2 N–H and O–H groups in total. The Morgan fingerprint density at radius 3 is 2.46 bits per heavy atom. The standard InChI is InChI=1S/C19H29N3OS/c1-3-11-22-16-5-4-6-17(22)13-15(12-16)21-19(23)20-14-7-9-18(24-2)10-8-14/h7-10,15-17H,3-6,11-13H2,1-2H3,(H2,20,21,23)/t16-,17-/m1/s1. The van der Waals surface area contributed by atoms with Crippen molar-refractivity contribution < 1.29 is 4.79 Å². The molecular formula is C19H29N3OS. The van der Waals surface area contributed by atoms with Gasteiger partial charge in [-0.25, -0.2) is 4.79 Å². The van der Waals surface area contributed by atoms with Gasteiger partial charge in [0.15, 0.2) is 0 Å². The number of carbonyl (C=O) groups is 1. The first-order valence-corrected chi connectivity index (χ1v) is 10.4. The molecule has 2 saturated heterocycles. The Morgan fingerprint density at radius 1 is 1.21 bits per heavy atom. The van der Waals surface area contributed by atoms with Crippen molar-refractivity contribution in [3.05, 3.63) is 24.3 Å². The topological polar surface area (TPSA) is 44.4 Å². The fourth-order valence-corrected chi connectivity index (χ4v) is 4.65. The summed E-state index contributed by atoms with van der Waals surface area (Å²) >= 11 is 1.71. The largest absolute Gasteiger partial charge is 0.335 e. The number of rotatable bonds is 5. The lowest BCUT2D eigenvalue weighted by atomic mass is 9.81. The summed E-state index contributed by atoms with van der Waals surface area (Å²) in [6.45, 7) is 3.46. The third kappa shape index (κ3) is 4.25. The lowest BCUT2D eigenvalue weighted by Crippen LogP contribution is -2.57. The lowest BCUT2D eigenvalue weighted by molar-refractivity contribution is 0.0272. The van der Waals surface area contributed by atoms with E-state index in [1.165, 1.54) is 37.1 Å². The Morgan fingerprint density at radius 2 is 1.88 bits per heavy atom. The molecule has 3 rings (SSSR count). The maximum Gasteiger partial charge on any atom is 0.319 e. The van der Waals surface area contributed by atoms with Gasteiger partial charge in [-0.3, -0.25) is 4.90 Å². The van der Waals surface area contributed by atoms with Gasteiger partial charge in [0.2, 0.25) is 0 Å². The van der Waals surface area contributed by atoms with Crippen LogP contribution in [0.15, 0.2) is 29.2 Å². The van der Waals surface area contributed by atoms with Gasteiger partial charge < -0.3 is 10.6 Å². The molecule has 2 fully saturated rings. The van der Waals surface area contributed by atoms with Crippen LogP contribution in [0, 0.1) is 0 Å². The number of hydrogen-bond donors (Lipinski definition) is 2. The van der Waals surface area contributed by atoms with Crippen LogP contribution in [-0.2, 0) is 0 Å². The zero-order valence-electron chi connectivity index (χ0n) is 14.8. The molecule has 0 radical (unpaired) electrons. The van der Waals surface area contributed by atoms with Gasteiger partial charge in [-0.05, 0) is 69.2 Å². The minimum Gasteiger partial charge on any atom is -0.335 e. The fraction of sp³-hybridized carbons (Fsp3) is 0.632. The maximum atomic E-state index is 12.3. The summed E-state index contributed by atoms with van der Waals surface area (Å²) in [6, 6.07) is 9.54. The first-order chi connectivity index (χ1) is 11.7. The van der Waals surface area contributed by atoms with Crippen LogP contribution in [0.2, 0.25) is 0 Å². The predicted octanol–water partition coefficient (Wildman–Crippen LogP) is 4.33. The SMILES string of the molecule is CCCN1[C@@H]2CCC[C@@H]1CC(NC(=O)Nc1ccc(SC)cc1)C2. The van der Waals surface area contributed by atoms with E-state index < -0.39 is 0 Å². The number of carbonyl (C=O) groups excluding carboxylic acids is 1. The third-order valence-electron chi connectivity index (χ3n) is 5.29.